The van der Waals surface area contributed by atoms with Gasteiger partial charge in [0, 0.05) is 25.4 Å². The van der Waals surface area contributed by atoms with Gasteiger partial charge in [0.05, 0.1) is 31.1 Å². The van der Waals surface area contributed by atoms with Gasteiger partial charge in [-0.2, -0.15) is 0 Å². The number of thioether (sulfide) groups is 1. The number of anilines is 2. The monoisotopic (exact) mass is 473 g/mol. The molecular weight excluding hydrogens is 442 g/mol. The van der Waals surface area contributed by atoms with Crippen molar-refractivity contribution in [3.05, 3.63) is 29.8 Å². The van der Waals surface area contributed by atoms with E-state index in [0.717, 1.165) is 62.4 Å². The average Bonchev–Trinajstić information content (AvgIpc) is 3.48. The van der Waals surface area contributed by atoms with Crippen LogP contribution in [0.4, 0.5) is 11.6 Å². The highest BCUT2D eigenvalue weighted by Crippen LogP contribution is 2.28. The first-order chi connectivity index (χ1) is 16.0. The maximum atomic E-state index is 12.6. The number of amides is 1. The second-order valence-corrected chi connectivity index (χ2v) is 9.55. The Bertz CT molecular complexity index is 968. The number of rotatable bonds is 8. The number of carbonyl (C=O) groups excluding carboxylic acids is 2. The van der Waals surface area contributed by atoms with Gasteiger partial charge in [0.2, 0.25) is 11.9 Å². The summed E-state index contributed by atoms with van der Waals surface area (Å²) in [5.41, 5.74) is 0.937. The largest absolute Gasteiger partial charge is 0.465 e. The molecule has 1 unspecified atom stereocenters. The lowest BCUT2D eigenvalue weighted by molar-refractivity contribution is -0.113. The topological polar surface area (TPSA) is 98.6 Å². The van der Waals surface area contributed by atoms with Crippen LogP contribution in [0.15, 0.2) is 29.4 Å². The van der Waals surface area contributed by atoms with Crippen LogP contribution in [-0.2, 0) is 20.8 Å². The zero-order valence-electron chi connectivity index (χ0n) is 19.2. The van der Waals surface area contributed by atoms with Gasteiger partial charge >= 0.3 is 5.97 Å². The summed E-state index contributed by atoms with van der Waals surface area (Å²) < 4.78 is 12.7. The predicted octanol–water partition coefficient (Wildman–Crippen LogP) is 3.21. The minimum Gasteiger partial charge on any atom is -0.465 e. The summed E-state index contributed by atoms with van der Waals surface area (Å²) in [6.07, 6.45) is 4.52. The molecule has 178 valence electrons. The Morgan fingerprint density at radius 3 is 2.79 bits per heavy atom. The van der Waals surface area contributed by atoms with E-state index in [0.29, 0.717) is 17.8 Å². The maximum absolute atomic E-state index is 12.6. The zero-order valence-corrected chi connectivity index (χ0v) is 20.0. The van der Waals surface area contributed by atoms with Gasteiger partial charge < -0.3 is 19.7 Å². The van der Waals surface area contributed by atoms with Crippen LogP contribution in [0.3, 0.4) is 0 Å². The van der Waals surface area contributed by atoms with E-state index in [4.69, 9.17) is 9.47 Å². The first-order valence-corrected chi connectivity index (χ1v) is 12.4. The lowest BCUT2D eigenvalue weighted by atomic mass is 10.00. The fourth-order valence-electron chi connectivity index (χ4n) is 4.15. The van der Waals surface area contributed by atoms with Gasteiger partial charge in [-0.3, -0.25) is 9.36 Å². The molecule has 1 aromatic carbocycles. The number of nitrogens with one attached hydrogen (secondary N) is 1. The SMILES string of the molecule is COC(=O)c1cccc(NC(=O)CSc2nnc(N3CCC(C)CC3)n2CC2CCCO2)c1. The van der Waals surface area contributed by atoms with E-state index in [1.807, 2.05) is 0 Å². The average molecular weight is 474 g/mol. The molecule has 0 radical (unpaired) electrons. The summed E-state index contributed by atoms with van der Waals surface area (Å²) in [5, 5.41) is 12.5. The molecule has 1 N–H and O–H groups in total. The summed E-state index contributed by atoms with van der Waals surface area (Å²) in [6, 6.07) is 6.69. The van der Waals surface area contributed by atoms with Crippen molar-refractivity contribution in [2.75, 3.05) is 42.8 Å². The van der Waals surface area contributed by atoms with Crippen LogP contribution < -0.4 is 10.2 Å². The molecule has 9 nitrogen and oxygen atoms in total. The second kappa shape index (κ2) is 11.0. The van der Waals surface area contributed by atoms with Gasteiger partial charge in [0.15, 0.2) is 5.16 Å². The quantitative estimate of drug-likeness (QED) is 0.461. The highest BCUT2D eigenvalue weighted by molar-refractivity contribution is 7.99. The maximum Gasteiger partial charge on any atom is 0.337 e. The molecule has 33 heavy (non-hydrogen) atoms. The normalized spacial score (nSPS) is 19.0. The number of nitrogens with zero attached hydrogens (tertiary/aromatic N) is 4. The van der Waals surface area contributed by atoms with Crippen LogP contribution in [0, 0.1) is 5.92 Å². The number of methoxy groups -OCH3 is 1. The van der Waals surface area contributed by atoms with Crippen LogP contribution in [0.5, 0.6) is 0 Å². The van der Waals surface area contributed by atoms with Crippen LogP contribution >= 0.6 is 11.8 Å². The van der Waals surface area contributed by atoms with Crippen molar-refractivity contribution in [1.29, 1.82) is 0 Å². The molecular formula is C23H31N5O4S. The Morgan fingerprint density at radius 2 is 2.06 bits per heavy atom. The molecule has 10 heteroatoms. The molecule has 1 atom stereocenters. The molecule has 1 amide bonds. The van der Waals surface area contributed by atoms with E-state index in [-0.39, 0.29) is 17.8 Å². The molecule has 0 bridgehead atoms. The van der Waals surface area contributed by atoms with Gasteiger partial charge in [-0.1, -0.05) is 24.8 Å². The second-order valence-electron chi connectivity index (χ2n) is 8.61. The number of esters is 1. The summed E-state index contributed by atoms with van der Waals surface area (Å²) in [5.74, 6) is 1.16. The van der Waals surface area contributed by atoms with Crippen molar-refractivity contribution in [3.63, 3.8) is 0 Å². The van der Waals surface area contributed by atoms with E-state index < -0.39 is 5.97 Å². The molecule has 2 aliphatic rings. The van der Waals surface area contributed by atoms with Gasteiger partial charge in [0.25, 0.3) is 0 Å². The third-order valence-electron chi connectivity index (χ3n) is 6.07. The highest BCUT2D eigenvalue weighted by Gasteiger charge is 2.26. The summed E-state index contributed by atoms with van der Waals surface area (Å²) in [7, 11) is 1.33. The third-order valence-corrected chi connectivity index (χ3v) is 7.04. The Balaban J connectivity index is 1.42. The minimum atomic E-state index is -0.442. The first kappa shape index (κ1) is 23.6. The summed E-state index contributed by atoms with van der Waals surface area (Å²) in [4.78, 5) is 26.6. The molecule has 0 spiro atoms. The number of benzene rings is 1. The standard InChI is InChI=1S/C23H31N5O4S/c1-16-8-10-27(11-9-16)22-25-26-23(28(22)14-19-7-4-12-32-19)33-15-20(29)24-18-6-3-5-17(13-18)21(30)31-2/h3,5-6,13,16,19H,4,7-12,14-15H2,1-2H3,(H,24,29). The van der Waals surface area contributed by atoms with Crippen molar-refractivity contribution < 1.29 is 19.1 Å². The van der Waals surface area contributed by atoms with Gasteiger partial charge in [-0.25, -0.2) is 4.79 Å². The molecule has 4 rings (SSSR count). The van der Waals surface area contributed by atoms with E-state index >= 15 is 0 Å². The van der Waals surface area contributed by atoms with Crippen LogP contribution in [0.2, 0.25) is 0 Å². The molecule has 0 aliphatic carbocycles. The van der Waals surface area contributed by atoms with Crippen LogP contribution in [0.1, 0.15) is 43.0 Å². The Hall–Kier alpha value is -2.59. The molecule has 0 saturated carbocycles. The third kappa shape index (κ3) is 6.05. The molecule has 2 saturated heterocycles. The number of ether oxygens (including phenoxy) is 2. The van der Waals surface area contributed by atoms with E-state index in [9.17, 15) is 9.59 Å². The van der Waals surface area contributed by atoms with Gasteiger partial charge in [-0.05, 0) is 49.8 Å². The van der Waals surface area contributed by atoms with E-state index in [1.165, 1.54) is 18.9 Å². The number of hydrogen-bond donors (Lipinski definition) is 1. The summed E-state index contributed by atoms with van der Waals surface area (Å²) >= 11 is 1.36. The Kier molecular flexibility index (Phi) is 7.87. The molecule has 2 aromatic rings. The lowest BCUT2D eigenvalue weighted by Gasteiger charge is -2.31. The van der Waals surface area contributed by atoms with Crippen molar-refractivity contribution in [2.45, 2.75) is 50.4 Å². The van der Waals surface area contributed by atoms with E-state index in [2.05, 4.69) is 31.9 Å². The zero-order chi connectivity index (χ0) is 23.2. The predicted molar refractivity (Wildman–Crippen MR) is 127 cm³/mol. The van der Waals surface area contributed by atoms with Crippen molar-refractivity contribution in [3.8, 4) is 0 Å². The Labute approximate surface area is 198 Å². The Morgan fingerprint density at radius 1 is 1.24 bits per heavy atom. The smallest absolute Gasteiger partial charge is 0.337 e. The molecule has 2 fully saturated rings. The van der Waals surface area contributed by atoms with Gasteiger partial charge in [0.1, 0.15) is 0 Å². The van der Waals surface area contributed by atoms with E-state index in [1.54, 1.807) is 24.3 Å². The highest BCUT2D eigenvalue weighted by atomic mass is 32.2. The molecule has 2 aliphatic heterocycles. The minimum absolute atomic E-state index is 0.151. The van der Waals surface area contributed by atoms with Crippen LogP contribution in [-0.4, -0.2) is 65.3 Å². The van der Waals surface area contributed by atoms with Crippen molar-refractivity contribution in [2.24, 2.45) is 5.92 Å². The molecule has 1 aromatic heterocycles. The van der Waals surface area contributed by atoms with Crippen LogP contribution in [0.25, 0.3) is 0 Å². The fraction of sp³-hybridized carbons (Fsp3) is 0.565. The molecule has 3 heterocycles. The fourth-order valence-corrected chi connectivity index (χ4v) is 4.89. The number of piperidine rings is 1. The summed E-state index contributed by atoms with van der Waals surface area (Å²) in [6.45, 7) is 5.70. The van der Waals surface area contributed by atoms with Crippen molar-refractivity contribution >= 4 is 35.3 Å². The number of aromatic nitrogens is 3. The lowest BCUT2D eigenvalue weighted by Crippen LogP contribution is -2.35. The number of carbonyl (C=O) groups is 2. The first-order valence-electron chi connectivity index (χ1n) is 11.4. The van der Waals surface area contributed by atoms with Crippen molar-refractivity contribution in [1.82, 2.24) is 14.8 Å². The number of hydrogen-bond acceptors (Lipinski definition) is 8. The van der Waals surface area contributed by atoms with Gasteiger partial charge in [-0.15, -0.1) is 10.2 Å².